The van der Waals surface area contributed by atoms with E-state index in [4.69, 9.17) is 9.15 Å². The number of nitrogens with zero attached hydrogens (tertiary/aromatic N) is 4. The van der Waals surface area contributed by atoms with Gasteiger partial charge in [0.25, 0.3) is 0 Å². The number of nitrogens with one attached hydrogen (secondary N) is 2. The van der Waals surface area contributed by atoms with Gasteiger partial charge in [-0.25, -0.2) is 9.78 Å². The van der Waals surface area contributed by atoms with E-state index < -0.39 is 0 Å². The van der Waals surface area contributed by atoms with Crippen LogP contribution in [0.2, 0.25) is 0 Å². The zero-order chi connectivity index (χ0) is 19.3. The molecule has 0 unspecified atom stereocenters. The number of rotatable bonds is 6. The predicted molar refractivity (Wildman–Crippen MR) is 100 cm³/mol. The normalized spacial score (nSPS) is 18.9. The Morgan fingerprint density at radius 2 is 2.14 bits per heavy atom. The second kappa shape index (κ2) is 8.22. The first-order valence-electron chi connectivity index (χ1n) is 9.21. The number of hydrogen-bond acceptors (Lipinski definition) is 6. The number of imidazole rings is 1. The Kier molecular flexibility index (Phi) is 5.34. The van der Waals surface area contributed by atoms with Gasteiger partial charge in [0.15, 0.2) is 0 Å². The molecule has 1 aliphatic heterocycles. The first-order chi connectivity index (χ1) is 13.7. The Hall–Kier alpha value is -3.20. The van der Waals surface area contributed by atoms with E-state index in [9.17, 15) is 4.79 Å². The Balaban J connectivity index is 1.26. The van der Waals surface area contributed by atoms with E-state index in [1.807, 2.05) is 48.1 Å². The molecule has 0 radical (unpaired) electrons. The molecule has 28 heavy (non-hydrogen) atoms. The van der Waals surface area contributed by atoms with Gasteiger partial charge in [0.1, 0.15) is 11.9 Å². The minimum absolute atomic E-state index is 0.116. The Morgan fingerprint density at radius 3 is 2.93 bits per heavy atom. The third kappa shape index (κ3) is 4.04. The standard InChI is InChI=1S/C19H22N6O3/c1-25-11-10-20-17(25)16-14(8-12-27-16)22-19(26)21-9-7-15-23-24-18(28-15)13-5-3-2-4-6-13/h2-6,10-11,14,16H,7-9,12H2,1H3,(H2,21,22,26)/t14-,16-/m1/s1. The number of carbonyl (C=O) groups excluding carboxylic acids is 1. The highest BCUT2D eigenvalue weighted by Crippen LogP contribution is 2.27. The second-order valence-electron chi connectivity index (χ2n) is 6.60. The third-order valence-corrected chi connectivity index (χ3v) is 4.63. The maximum atomic E-state index is 12.2. The fourth-order valence-electron chi connectivity index (χ4n) is 3.20. The molecule has 9 heteroatoms. The number of hydrogen-bond donors (Lipinski definition) is 2. The van der Waals surface area contributed by atoms with Crippen molar-refractivity contribution in [2.75, 3.05) is 13.2 Å². The maximum Gasteiger partial charge on any atom is 0.315 e. The van der Waals surface area contributed by atoms with Crippen molar-refractivity contribution in [2.24, 2.45) is 7.05 Å². The van der Waals surface area contributed by atoms with Crippen molar-refractivity contribution in [3.63, 3.8) is 0 Å². The summed E-state index contributed by atoms with van der Waals surface area (Å²) in [7, 11) is 1.91. The summed E-state index contributed by atoms with van der Waals surface area (Å²) in [6, 6.07) is 9.20. The maximum absolute atomic E-state index is 12.2. The van der Waals surface area contributed by atoms with E-state index in [1.54, 1.807) is 6.20 Å². The SMILES string of the molecule is Cn1ccnc1[C@@H]1OCC[C@H]1NC(=O)NCCc1nnc(-c2ccccc2)o1. The number of urea groups is 1. The molecule has 146 valence electrons. The summed E-state index contributed by atoms with van der Waals surface area (Å²) < 4.78 is 13.3. The molecule has 1 aromatic carbocycles. The van der Waals surface area contributed by atoms with Crippen molar-refractivity contribution >= 4 is 6.03 Å². The molecule has 0 bridgehead atoms. The van der Waals surface area contributed by atoms with Gasteiger partial charge in [0.2, 0.25) is 11.8 Å². The molecule has 0 aliphatic carbocycles. The number of carbonyl (C=O) groups is 1. The van der Waals surface area contributed by atoms with Crippen molar-refractivity contribution in [3.05, 3.63) is 54.4 Å². The van der Waals surface area contributed by atoms with Gasteiger partial charge < -0.3 is 24.4 Å². The zero-order valence-electron chi connectivity index (χ0n) is 15.5. The zero-order valence-corrected chi connectivity index (χ0v) is 15.5. The number of aryl methyl sites for hydroxylation is 1. The highest BCUT2D eigenvalue weighted by molar-refractivity contribution is 5.74. The third-order valence-electron chi connectivity index (χ3n) is 4.63. The molecule has 4 rings (SSSR count). The molecule has 2 amide bonds. The number of benzene rings is 1. The van der Waals surface area contributed by atoms with Crippen LogP contribution in [0.5, 0.6) is 0 Å². The first kappa shape index (κ1) is 18.2. The summed E-state index contributed by atoms with van der Waals surface area (Å²) >= 11 is 0. The van der Waals surface area contributed by atoms with Gasteiger partial charge in [-0.1, -0.05) is 18.2 Å². The van der Waals surface area contributed by atoms with E-state index >= 15 is 0 Å². The highest BCUT2D eigenvalue weighted by Gasteiger charge is 2.33. The van der Waals surface area contributed by atoms with Gasteiger partial charge in [-0.2, -0.15) is 0 Å². The highest BCUT2D eigenvalue weighted by atomic mass is 16.5. The molecule has 3 heterocycles. The average Bonchev–Trinajstić information content (AvgIpc) is 3.44. The van der Waals surface area contributed by atoms with E-state index in [1.165, 1.54) is 0 Å². The van der Waals surface area contributed by atoms with Crippen LogP contribution < -0.4 is 10.6 Å². The summed E-state index contributed by atoms with van der Waals surface area (Å²) in [6.07, 6.45) is 4.55. The lowest BCUT2D eigenvalue weighted by molar-refractivity contribution is 0.0908. The van der Waals surface area contributed by atoms with Crippen molar-refractivity contribution < 1.29 is 13.9 Å². The van der Waals surface area contributed by atoms with Crippen molar-refractivity contribution in [3.8, 4) is 11.5 Å². The predicted octanol–water partition coefficient (Wildman–Crippen LogP) is 1.84. The number of amides is 2. The largest absolute Gasteiger partial charge is 0.421 e. The summed E-state index contributed by atoms with van der Waals surface area (Å²) in [6.45, 7) is 0.982. The van der Waals surface area contributed by atoms with Crippen molar-refractivity contribution in [1.29, 1.82) is 0 Å². The first-order valence-corrected chi connectivity index (χ1v) is 9.21. The lowest BCUT2D eigenvalue weighted by Gasteiger charge is -2.19. The number of ether oxygens (including phenoxy) is 1. The molecule has 2 atom stereocenters. The monoisotopic (exact) mass is 382 g/mol. The smallest absolute Gasteiger partial charge is 0.315 e. The van der Waals surface area contributed by atoms with Gasteiger partial charge in [-0.05, 0) is 18.6 Å². The second-order valence-corrected chi connectivity index (χ2v) is 6.60. The topological polar surface area (TPSA) is 107 Å². The quantitative estimate of drug-likeness (QED) is 0.674. The fourth-order valence-corrected chi connectivity index (χ4v) is 3.20. The molecule has 1 aliphatic rings. The Labute approximate surface area is 162 Å². The molecule has 2 N–H and O–H groups in total. The Morgan fingerprint density at radius 1 is 1.29 bits per heavy atom. The molecule has 2 aromatic heterocycles. The van der Waals surface area contributed by atoms with Crippen LogP contribution in [0, 0.1) is 0 Å². The van der Waals surface area contributed by atoms with Crippen LogP contribution in [0.15, 0.2) is 47.1 Å². The van der Waals surface area contributed by atoms with Crippen LogP contribution in [0.3, 0.4) is 0 Å². The minimum atomic E-state index is -0.252. The lowest BCUT2D eigenvalue weighted by Crippen LogP contribution is -2.44. The van der Waals surface area contributed by atoms with Crippen LogP contribution in [-0.4, -0.2) is 45.0 Å². The van der Waals surface area contributed by atoms with Gasteiger partial charge in [-0.3, -0.25) is 0 Å². The molecule has 3 aromatic rings. The van der Waals surface area contributed by atoms with Crippen LogP contribution in [0.25, 0.3) is 11.5 Å². The van der Waals surface area contributed by atoms with Crippen LogP contribution in [0.4, 0.5) is 4.79 Å². The molecular formula is C19H22N6O3. The molecule has 0 saturated carbocycles. The van der Waals surface area contributed by atoms with E-state index in [0.29, 0.717) is 31.4 Å². The van der Waals surface area contributed by atoms with Gasteiger partial charge in [-0.15, -0.1) is 10.2 Å². The lowest BCUT2D eigenvalue weighted by atomic mass is 10.1. The summed E-state index contributed by atoms with van der Waals surface area (Å²) in [4.78, 5) is 16.6. The summed E-state index contributed by atoms with van der Waals surface area (Å²) in [5.41, 5.74) is 0.869. The van der Waals surface area contributed by atoms with Crippen LogP contribution in [-0.2, 0) is 18.2 Å². The van der Waals surface area contributed by atoms with Crippen LogP contribution >= 0.6 is 0 Å². The van der Waals surface area contributed by atoms with Crippen LogP contribution in [0.1, 0.15) is 24.2 Å². The summed E-state index contributed by atoms with van der Waals surface area (Å²) in [5.74, 6) is 1.76. The van der Waals surface area contributed by atoms with Gasteiger partial charge in [0, 0.05) is 44.6 Å². The molecule has 1 saturated heterocycles. The van der Waals surface area contributed by atoms with E-state index in [0.717, 1.165) is 17.8 Å². The molecule has 1 fully saturated rings. The fraction of sp³-hybridized carbons (Fsp3) is 0.368. The molecule has 9 nitrogen and oxygen atoms in total. The van der Waals surface area contributed by atoms with Gasteiger partial charge >= 0.3 is 6.03 Å². The summed E-state index contributed by atoms with van der Waals surface area (Å²) in [5, 5.41) is 13.9. The van der Waals surface area contributed by atoms with Crippen molar-refractivity contribution in [1.82, 2.24) is 30.4 Å². The van der Waals surface area contributed by atoms with Gasteiger partial charge in [0.05, 0.1) is 6.04 Å². The molecular weight excluding hydrogens is 360 g/mol. The van der Waals surface area contributed by atoms with E-state index in [-0.39, 0.29) is 18.2 Å². The van der Waals surface area contributed by atoms with Crippen molar-refractivity contribution in [2.45, 2.75) is 25.0 Å². The average molecular weight is 382 g/mol. The Bertz CT molecular complexity index is 923. The minimum Gasteiger partial charge on any atom is -0.421 e. The van der Waals surface area contributed by atoms with E-state index in [2.05, 4.69) is 25.8 Å². The molecule has 0 spiro atoms. The number of aromatic nitrogens is 4.